The lowest BCUT2D eigenvalue weighted by Gasteiger charge is -2.25. The summed E-state index contributed by atoms with van der Waals surface area (Å²) in [6.45, 7) is 5.83. The molecule has 1 aliphatic rings. The Kier molecular flexibility index (Phi) is 3.87. The summed E-state index contributed by atoms with van der Waals surface area (Å²) in [6.07, 6.45) is 0. The average Bonchev–Trinajstić information content (AvgIpc) is 3.00. The number of morpholine rings is 1. The molecule has 0 spiro atoms. The van der Waals surface area contributed by atoms with E-state index in [0.717, 1.165) is 43.1 Å². The average molecular weight is 325 g/mol. The maximum Gasteiger partial charge on any atom is 0.274 e. The van der Waals surface area contributed by atoms with Gasteiger partial charge in [0.15, 0.2) is 5.82 Å². The first-order valence-electron chi connectivity index (χ1n) is 8.05. The third-order valence-corrected chi connectivity index (χ3v) is 4.16. The van der Waals surface area contributed by atoms with Gasteiger partial charge in [0.2, 0.25) is 0 Å². The Balaban J connectivity index is 1.69. The minimum atomic E-state index is -0.144. The Morgan fingerprint density at radius 2 is 2.04 bits per heavy atom. The fourth-order valence-electron chi connectivity index (χ4n) is 2.92. The number of nitrogens with one attached hydrogen (secondary N) is 1. The molecule has 1 fully saturated rings. The van der Waals surface area contributed by atoms with E-state index in [1.54, 1.807) is 6.07 Å². The smallest absolute Gasteiger partial charge is 0.274 e. The van der Waals surface area contributed by atoms with Gasteiger partial charge in [0, 0.05) is 31.3 Å². The zero-order valence-electron chi connectivity index (χ0n) is 13.5. The molecule has 0 unspecified atom stereocenters. The Hall–Kier alpha value is -2.51. The SMILES string of the molecule is Cc1cccc(-c2nc3nc(CN4CCOCC4)cc(=O)n3[nH]2)c1. The molecule has 3 aromatic rings. The van der Waals surface area contributed by atoms with Crippen molar-refractivity contribution < 1.29 is 4.74 Å². The van der Waals surface area contributed by atoms with Gasteiger partial charge < -0.3 is 4.74 Å². The third-order valence-electron chi connectivity index (χ3n) is 4.16. The number of benzene rings is 1. The molecule has 7 heteroatoms. The number of rotatable bonds is 3. The summed E-state index contributed by atoms with van der Waals surface area (Å²) in [5, 5.41) is 3.04. The van der Waals surface area contributed by atoms with Crippen LogP contribution in [0.4, 0.5) is 0 Å². The first kappa shape index (κ1) is 15.0. The topological polar surface area (TPSA) is 75.5 Å². The van der Waals surface area contributed by atoms with Crippen molar-refractivity contribution in [1.82, 2.24) is 24.5 Å². The molecule has 0 aliphatic carbocycles. The zero-order chi connectivity index (χ0) is 16.5. The lowest BCUT2D eigenvalue weighted by molar-refractivity contribution is 0.0336. The van der Waals surface area contributed by atoms with Gasteiger partial charge in [-0.05, 0) is 13.0 Å². The Morgan fingerprint density at radius 3 is 2.83 bits per heavy atom. The van der Waals surface area contributed by atoms with Gasteiger partial charge in [0.05, 0.1) is 18.9 Å². The van der Waals surface area contributed by atoms with Crippen LogP contribution in [-0.2, 0) is 11.3 Å². The molecule has 1 aliphatic heterocycles. The predicted octanol–water partition coefficient (Wildman–Crippen LogP) is 1.23. The first-order chi connectivity index (χ1) is 11.7. The number of nitrogens with zero attached hydrogens (tertiary/aromatic N) is 4. The highest BCUT2D eigenvalue weighted by Crippen LogP contribution is 2.16. The normalized spacial score (nSPS) is 15.9. The number of H-pyrrole nitrogens is 1. The van der Waals surface area contributed by atoms with Crippen LogP contribution in [0, 0.1) is 6.92 Å². The summed E-state index contributed by atoms with van der Waals surface area (Å²) in [5.41, 5.74) is 2.68. The van der Waals surface area contributed by atoms with Crippen LogP contribution >= 0.6 is 0 Å². The van der Waals surface area contributed by atoms with Crippen LogP contribution in [0.25, 0.3) is 17.2 Å². The van der Waals surface area contributed by atoms with Crippen molar-refractivity contribution >= 4 is 5.78 Å². The van der Waals surface area contributed by atoms with Gasteiger partial charge in [-0.15, -0.1) is 0 Å². The highest BCUT2D eigenvalue weighted by atomic mass is 16.5. The van der Waals surface area contributed by atoms with Gasteiger partial charge in [-0.25, -0.2) is 4.98 Å². The monoisotopic (exact) mass is 325 g/mol. The number of fused-ring (bicyclic) bond motifs is 1. The molecule has 0 radical (unpaired) electrons. The van der Waals surface area contributed by atoms with E-state index in [1.165, 1.54) is 4.52 Å². The van der Waals surface area contributed by atoms with E-state index in [1.807, 2.05) is 31.2 Å². The number of ether oxygens (including phenoxy) is 1. The number of aromatic amines is 1. The van der Waals surface area contributed by atoms with Gasteiger partial charge in [-0.2, -0.15) is 9.50 Å². The van der Waals surface area contributed by atoms with E-state index in [4.69, 9.17) is 4.74 Å². The number of hydrogen-bond acceptors (Lipinski definition) is 5. The summed E-state index contributed by atoms with van der Waals surface area (Å²) in [7, 11) is 0. The van der Waals surface area contributed by atoms with Crippen LogP contribution in [0.2, 0.25) is 0 Å². The van der Waals surface area contributed by atoms with E-state index < -0.39 is 0 Å². The Bertz CT molecular complexity index is 924. The molecule has 24 heavy (non-hydrogen) atoms. The van der Waals surface area contributed by atoms with Crippen molar-refractivity contribution in [2.75, 3.05) is 26.3 Å². The fourth-order valence-corrected chi connectivity index (χ4v) is 2.92. The van der Waals surface area contributed by atoms with Crippen LogP contribution < -0.4 is 5.56 Å². The highest BCUT2D eigenvalue weighted by Gasteiger charge is 2.14. The lowest BCUT2D eigenvalue weighted by atomic mass is 10.1. The van der Waals surface area contributed by atoms with E-state index in [9.17, 15) is 4.79 Å². The second-order valence-corrected chi connectivity index (χ2v) is 6.05. The van der Waals surface area contributed by atoms with Crippen molar-refractivity contribution in [1.29, 1.82) is 0 Å². The largest absolute Gasteiger partial charge is 0.379 e. The lowest BCUT2D eigenvalue weighted by Crippen LogP contribution is -2.36. The molecule has 4 rings (SSSR count). The molecule has 1 aromatic carbocycles. The molecule has 124 valence electrons. The third kappa shape index (κ3) is 2.95. The van der Waals surface area contributed by atoms with Gasteiger partial charge in [-0.1, -0.05) is 23.8 Å². The molecule has 0 atom stereocenters. The molecule has 1 N–H and O–H groups in total. The van der Waals surface area contributed by atoms with E-state index in [0.29, 0.717) is 18.1 Å². The number of aryl methyl sites for hydroxylation is 1. The molecule has 7 nitrogen and oxygen atoms in total. The van der Waals surface area contributed by atoms with Crippen LogP contribution in [0.5, 0.6) is 0 Å². The first-order valence-corrected chi connectivity index (χ1v) is 8.05. The molecule has 0 bridgehead atoms. The van der Waals surface area contributed by atoms with Crippen molar-refractivity contribution in [2.45, 2.75) is 13.5 Å². The zero-order valence-corrected chi connectivity index (χ0v) is 13.5. The maximum absolute atomic E-state index is 12.4. The molecular formula is C17H19N5O2. The second kappa shape index (κ2) is 6.18. The number of hydrogen-bond donors (Lipinski definition) is 1. The minimum Gasteiger partial charge on any atom is -0.379 e. The summed E-state index contributed by atoms with van der Waals surface area (Å²) < 4.78 is 6.74. The summed E-state index contributed by atoms with van der Waals surface area (Å²) in [4.78, 5) is 23.6. The molecule has 0 saturated carbocycles. The standard InChI is InChI=1S/C17H19N5O2/c1-12-3-2-4-13(9-12)16-19-17-18-14(10-15(23)22(17)20-16)11-21-5-7-24-8-6-21/h2-4,9-10H,5-8,11H2,1H3,(H,18,19,20). The fraction of sp³-hybridized carbons (Fsp3) is 0.353. The quantitative estimate of drug-likeness (QED) is 0.784. The Morgan fingerprint density at radius 1 is 1.21 bits per heavy atom. The molecule has 1 saturated heterocycles. The van der Waals surface area contributed by atoms with Crippen molar-refractivity contribution in [3.8, 4) is 11.4 Å². The summed E-state index contributed by atoms with van der Waals surface area (Å²) in [6, 6.07) is 9.55. The molecular weight excluding hydrogens is 306 g/mol. The van der Waals surface area contributed by atoms with Crippen molar-refractivity contribution in [3.63, 3.8) is 0 Å². The van der Waals surface area contributed by atoms with Crippen molar-refractivity contribution in [2.24, 2.45) is 0 Å². The maximum atomic E-state index is 12.4. The highest BCUT2D eigenvalue weighted by molar-refractivity contribution is 5.57. The van der Waals surface area contributed by atoms with Crippen molar-refractivity contribution in [3.05, 3.63) is 51.9 Å². The molecule has 2 aromatic heterocycles. The van der Waals surface area contributed by atoms with Gasteiger partial charge in [0.1, 0.15) is 0 Å². The van der Waals surface area contributed by atoms with Crippen LogP contribution in [-0.4, -0.2) is 50.8 Å². The van der Waals surface area contributed by atoms with E-state index in [-0.39, 0.29) is 5.56 Å². The predicted molar refractivity (Wildman–Crippen MR) is 89.9 cm³/mol. The van der Waals surface area contributed by atoms with E-state index >= 15 is 0 Å². The van der Waals surface area contributed by atoms with E-state index in [2.05, 4.69) is 20.0 Å². The van der Waals surface area contributed by atoms with Crippen LogP contribution in [0.3, 0.4) is 0 Å². The second-order valence-electron chi connectivity index (χ2n) is 6.05. The molecule has 0 amide bonds. The van der Waals surface area contributed by atoms with Gasteiger partial charge in [-0.3, -0.25) is 14.8 Å². The molecule has 3 heterocycles. The van der Waals surface area contributed by atoms with Crippen LogP contribution in [0.15, 0.2) is 35.1 Å². The van der Waals surface area contributed by atoms with Gasteiger partial charge >= 0.3 is 0 Å². The minimum absolute atomic E-state index is 0.144. The number of aromatic nitrogens is 4. The van der Waals surface area contributed by atoms with Crippen LogP contribution in [0.1, 0.15) is 11.3 Å². The van der Waals surface area contributed by atoms with Gasteiger partial charge in [0.25, 0.3) is 11.3 Å². The Labute approximate surface area is 138 Å². The summed E-state index contributed by atoms with van der Waals surface area (Å²) >= 11 is 0. The summed E-state index contributed by atoms with van der Waals surface area (Å²) in [5.74, 6) is 1.05.